The number of rotatable bonds is 2. The number of halogens is 2. The van der Waals surface area contributed by atoms with Crippen LogP contribution < -0.4 is 0 Å². The van der Waals surface area contributed by atoms with E-state index in [1.165, 1.54) is 0 Å². The van der Waals surface area contributed by atoms with E-state index in [0.717, 1.165) is 23.8 Å². The Hall–Kier alpha value is 0.878. The first-order valence-corrected chi connectivity index (χ1v) is 12.8. The van der Waals surface area contributed by atoms with Crippen molar-refractivity contribution in [3.8, 4) is 0 Å². The van der Waals surface area contributed by atoms with Crippen LogP contribution in [0.4, 0.5) is 0 Å². The Morgan fingerprint density at radius 1 is 1.00 bits per heavy atom. The maximum absolute atomic E-state index is 8.19. The molecule has 0 N–H and O–H groups in total. The first kappa shape index (κ1) is 23.0. The molecule has 0 atom stereocenters. The monoisotopic (exact) mass is 348 g/mol. The van der Waals surface area contributed by atoms with Crippen LogP contribution in [0.2, 0.25) is 39.3 Å². The van der Waals surface area contributed by atoms with E-state index in [2.05, 4.69) is 51.4 Å². The van der Waals surface area contributed by atoms with Gasteiger partial charge in [-0.05, 0) is 8.07 Å². The molecule has 0 fully saturated rings. The Kier molecular flexibility index (Phi) is 12.0. The van der Waals surface area contributed by atoms with Gasteiger partial charge in [-0.3, -0.25) is 6.08 Å². The number of hydrogen-bond acceptors (Lipinski definition) is 1. The fourth-order valence-electron chi connectivity index (χ4n) is 1.80. The molecule has 0 aromatic carbocycles. The van der Waals surface area contributed by atoms with Gasteiger partial charge in [-0.25, -0.2) is 10.4 Å². The van der Waals surface area contributed by atoms with E-state index in [4.69, 9.17) is 3.67 Å². The molecule has 0 unspecified atom stereocenters. The number of allylic oxidation sites excluding steroid dienone is 4. The first-order chi connectivity index (χ1) is 6.73. The second kappa shape index (κ2) is 8.89. The Bertz CT molecular complexity index is 263. The average molecular weight is 349 g/mol. The Morgan fingerprint density at radius 2 is 1.41 bits per heavy atom. The van der Waals surface area contributed by atoms with Crippen LogP contribution in [0, 0.1) is 6.08 Å². The predicted octanol–water partition coefficient (Wildman–Crippen LogP) is 4.52. The summed E-state index contributed by atoms with van der Waals surface area (Å²) in [6, 6.07) is 0. The number of hydrogen-bond donors (Lipinski definition) is 0. The molecule has 17 heavy (non-hydrogen) atoms. The van der Waals surface area contributed by atoms with Gasteiger partial charge in [0.1, 0.15) is 0 Å². The molecule has 101 valence electrons. The molecule has 0 aromatic rings. The van der Waals surface area contributed by atoms with Gasteiger partial charge in [0, 0.05) is 8.07 Å². The topological polar surface area (TPSA) is 17.1 Å². The maximum atomic E-state index is 8.19. The molecule has 1 aliphatic carbocycles. The molecule has 1 nitrogen and oxygen atoms in total. The molecule has 0 spiro atoms. The Morgan fingerprint density at radius 3 is 1.65 bits per heavy atom. The summed E-state index contributed by atoms with van der Waals surface area (Å²) in [6.07, 6.45) is 7.06. The van der Waals surface area contributed by atoms with Gasteiger partial charge in [0.25, 0.3) is 0 Å². The van der Waals surface area contributed by atoms with Crippen molar-refractivity contribution in [2.45, 2.75) is 45.7 Å². The van der Waals surface area contributed by atoms with E-state index < -0.39 is 16.1 Å². The standard InChI is InChI=1S/C11H21Si2.2ClH.O.V/c1-12(2,3)10-8-7-9-11(10)13(4,5)6;;;;/h8H,7H2,1-6H3;2*1H;;/q-1;;;;. The molecule has 6 heteroatoms. The SMILES string of the molecule is C[Si](C)(C)C1=[C-]CC=C1[Si](C)(C)C.Cl.Cl.[O]=[V]. The minimum atomic E-state index is -1.13. The summed E-state index contributed by atoms with van der Waals surface area (Å²) in [4.78, 5) is 0. The van der Waals surface area contributed by atoms with Crippen LogP contribution in [-0.4, -0.2) is 16.1 Å². The zero-order chi connectivity index (χ0) is 12.3. The Balaban J connectivity index is -0.000000464. The van der Waals surface area contributed by atoms with Crippen LogP contribution in [0.3, 0.4) is 0 Å². The van der Waals surface area contributed by atoms with E-state index in [-0.39, 0.29) is 24.8 Å². The van der Waals surface area contributed by atoms with Gasteiger partial charge >= 0.3 is 21.0 Å². The molecule has 0 aromatic heterocycles. The van der Waals surface area contributed by atoms with Gasteiger partial charge in [-0.15, -0.1) is 31.2 Å². The molecular formula is C11H23Cl2OSi2V-. The van der Waals surface area contributed by atoms with Crippen molar-refractivity contribution in [2.75, 3.05) is 0 Å². The van der Waals surface area contributed by atoms with Crippen LogP contribution in [0.15, 0.2) is 16.5 Å². The summed E-state index contributed by atoms with van der Waals surface area (Å²) in [6.45, 7) is 14.6. The summed E-state index contributed by atoms with van der Waals surface area (Å²) >= 11 is 1.06. The summed E-state index contributed by atoms with van der Waals surface area (Å²) in [5.74, 6) is 0. The fraction of sp³-hybridized carbons (Fsp3) is 0.636. The van der Waals surface area contributed by atoms with Crippen LogP contribution in [-0.2, 0) is 21.0 Å². The van der Waals surface area contributed by atoms with Crippen molar-refractivity contribution in [3.05, 3.63) is 22.5 Å². The third-order valence-electron chi connectivity index (χ3n) is 2.41. The molecule has 1 aliphatic rings. The van der Waals surface area contributed by atoms with Gasteiger partial charge < -0.3 is 0 Å². The predicted molar refractivity (Wildman–Crippen MR) is 81.3 cm³/mol. The van der Waals surface area contributed by atoms with E-state index in [1.807, 2.05) is 0 Å². The molecule has 0 saturated carbocycles. The Labute approximate surface area is 130 Å². The van der Waals surface area contributed by atoms with Gasteiger partial charge in [0.15, 0.2) is 0 Å². The van der Waals surface area contributed by atoms with Crippen molar-refractivity contribution in [2.24, 2.45) is 0 Å². The van der Waals surface area contributed by atoms with Crippen LogP contribution in [0.1, 0.15) is 6.42 Å². The van der Waals surface area contributed by atoms with Crippen molar-refractivity contribution >= 4 is 41.0 Å². The molecule has 1 rings (SSSR count). The summed E-state index contributed by atoms with van der Waals surface area (Å²) in [5.41, 5.74) is 0. The molecular weight excluding hydrogens is 326 g/mol. The van der Waals surface area contributed by atoms with Crippen LogP contribution >= 0.6 is 24.8 Å². The summed E-state index contributed by atoms with van der Waals surface area (Å²) in [7, 11) is -2.23. The molecule has 0 saturated heterocycles. The van der Waals surface area contributed by atoms with Crippen molar-refractivity contribution < 1.29 is 21.0 Å². The fourth-order valence-corrected chi connectivity index (χ4v) is 7.15. The van der Waals surface area contributed by atoms with Crippen LogP contribution in [0.25, 0.3) is 0 Å². The molecule has 0 radical (unpaired) electrons. The molecule has 0 amide bonds. The first-order valence-electron chi connectivity index (χ1n) is 5.23. The van der Waals surface area contributed by atoms with Crippen molar-refractivity contribution in [1.29, 1.82) is 0 Å². The van der Waals surface area contributed by atoms with Crippen molar-refractivity contribution in [1.82, 2.24) is 0 Å². The van der Waals surface area contributed by atoms with E-state index in [9.17, 15) is 0 Å². The van der Waals surface area contributed by atoms with E-state index in [1.54, 1.807) is 10.4 Å². The van der Waals surface area contributed by atoms with Crippen molar-refractivity contribution in [3.63, 3.8) is 0 Å². The minimum absolute atomic E-state index is 0. The third-order valence-corrected chi connectivity index (χ3v) is 6.68. The van der Waals surface area contributed by atoms with Gasteiger partial charge in [0.2, 0.25) is 0 Å². The van der Waals surface area contributed by atoms with Gasteiger partial charge in [0.05, 0.1) is 0 Å². The quantitative estimate of drug-likeness (QED) is 0.529. The van der Waals surface area contributed by atoms with E-state index >= 15 is 0 Å². The van der Waals surface area contributed by atoms with Gasteiger partial charge in [-0.1, -0.05) is 39.3 Å². The van der Waals surface area contributed by atoms with Gasteiger partial charge in [-0.2, -0.15) is 6.08 Å². The molecule has 0 aliphatic heterocycles. The molecule has 0 heterocycles. The summed E-state index contributed by atoms with van der Waals surface area (Å²) in [5, 5.41) is 3.30. The third kappa shape index (κ3) is 7.14. The average Bonchev–Trinajstić information content (AvgIpc) is 2.53. The summed E-state index contributed by atoms with van der Waals surface area (Å²) < 4.78 is 8.19. The zero-order valence-corrected chi connectivity index (χ0v) is 16.5. The molecule has 0 bridgehead atoms. The second-order valence-electron chi connectivity index (χ2n) is 5.87. The zero-order valence-electron chi connectivity index (χ0n) is 11.5. The normalized spacial score (nSPS) is 14.4. The van der Waals surface area contributed by atoms with E-state index in [0.29, 0.717) is 0 Å². The second-order valence-corrected chi connectivity index (χ2v) is 15.9. The van der Waals surface area contributed by atoms with Crippen LogP contribution in [0.5, 0.6) is 0 Å².